The molecule has 0 unspecified atom stereocenters. The van der Waals surface area contributed by atoms with Gasteiger partial charge in [0.1, 0.15) is 46.4 Å². The van der Waals surface area contributed by atoms with Crippen LogP contribution in [0.1, 0.15) is 22.3 Å². The first-order valence-corrected chi connectivity index (χ1v) is 25.7. The quantitative estimate of drug-likeness (QED) is 0.0576. The van der Waals surface area contributed by atoms with Gasteiger partial charge in [0, 0.05) is 11.5 Å². The largest absolute Gasteiger partial charge is 0.116 e. The van der Waals surface area contributed by atoms with Gasteiger partial charge in [0.15, 0.2) is 0 Å². The molecule has 0 aliphatic rings. The Hall–Kier alpha value is -4.68. The zero-order chi connectivity index (χ0) is 37.9. The van der Waals surface area contributed by atoms with Crippen molar-refractivity contribution in [2.45, 2.75) is 23.8 Å². The second-order valence-electron chi connectivity index (χ2n) is 14.1. The normalized spacial score (nSPS) is 11.6. The summed E-state index contributed by atoms with van der Waals surface area (Å²) in [6.07, 6.45) is 1.99. The van der Waals surface area contributed by atoms with E-state index in [9.17, 15) is 0 Å². The summed E-state index contributed by atoms with van der Waals surface area (Å²) in [7, 11) is 0.0500. The Morgan fingerprint density at radius 3 is 0.643 bits per heavy atom. The minimum atomic E-state index is -1.92. The molecule has 8 aromatic rings. The van der Waals surface area contributed by atoms with Crippen molar-refractivity contribution in [2.75, 3.05) is 0 Å². The third-order valence-electron chi connectivity index (χ3n) is 10.6. The highest BCUT2D eigenvalue weighted by Gasteiger charge is 2.46. The predicted octanol–water partition coefficient (Wildman–Crippen LogP) is 11.8. The van der Waals surface area contributed by atoms with Gasteiger partial charge < -0.3 is 0 Å². The molecule has 0 fully saturated rings. The minimum absolute atomic E-state index is 0.984. The maximum Gasteiger partial charge on any atom is 0.116 e. The zero-order valence-electron chi connectivity index (χ0n) is 31.5. The molecule has 0 saturated heterocycles. The van der Waals surface area contributed by atoms with Crippen LogP contribution in [0.15, 0.2) is 231 Å². The van der Waals surface area contributed by atoms with Gasteiger partial charge in [0.25, 0.3) is 0 Å². The number of benzene rings is 8. The molecule has 0 aromatic heterocycles. The van der Waals surface area contributed by atoms with E-state index < -0.39 is 14.5 Å². The maximum atomic E-state index is 2.37. The van der Waals surface area contributed by atoms with Crippen LogP contribution in [-0.2, 0) is 23.8 Å². The highest BCUT2D eigenvalue weighted by Crippen LogP contribution is 2.59. The number of rotatable bonds is 15. The lowest BCUT2D eigenvalue weighted by Gasteiger charge is -2.28. The maximum absolute atomic E-state index is 2.37. The molecule has 8 aromatic carbocycles. The molecule has 0 amide bonds. The molecule has 0 aliphatic carbocycles. The first-order chi connectivity index (χ1) is 27.7. The van der Waals surface area contributed by atoms with Crippen molar-refractivity contribution in [3.8, 4) is 0 Å². The molecule has 4 heteroatoms. The van der Waals surface area contributed by atoms with Crippen molar-refractivity contribution < 1.29 is 0 Å². The van der Waals surface area contributed by atoms with E-state index in [4.69, 9.17) is 0 Å². The van der Waals surface area contributed by atoms with Gasteiger partial charge in [-0.05, 0) is 95.1 Å². The van der Waals surface area contributed by atoms with Gasteiger partial charge in [-0.15, -0.1) is 0 Å². The van der Waals surface area contributed by atoms with Crippen molar-refractivity contribution >= 4 is 67.9 Å². The number of hydrogen-bond acceptors (Lipinski definition) is 2. The molecule has 0 nitrogen and oxygen atoms in total. The molecule has 0 spiro atoms. The molecule has 0 heterocycles. The van der Waals surface area contributed by atoms with E-state index in [0.717, 1.165) is 23.8 Å². The molecule has 0 bridgehead atoms. The Bertz CT molecular complexity index is 2010. The Balaban J connectivity index is 0.943. The van der Waals surface area contributed by atoms with Gasteiger partial charge in [0.05, 0.1) is 12.3 Å². The Labute approximate surface area is 342 Å². The second-order valence-corrected chi connectivity index (χ2v) is 23.5. The van der Waals surface area contributed by atoms with Crippen LogP contribution in [0.2, 0.25) is 0 Å². The fraction of sp³-hybridized carbons (Fsp3) is 0.0769. The fourth-order valence-corrected chi connectivity index (χ4v) is 18.4. The summed E-state index contributed by atoms with van der Waals surface area (Å²) in [5.74, 6) is 1.97. The summed E-state index contributed by atoms with van der Waals surface area (Å²) in [6.45, 7) is 0. The van der Waals surface area contributed by atoms with Crippen LogP contribution in [0, 0.1) is 0 Å². The standard InChI is InChI=1S/C52H46P2S2/c1-7-19-47(20-8-1)53(48-21-9-2-10-22-48,49-23-11-3-12-24-49)39-43-31-35-45(36-32-43)41-55-56-42-46-37-33-44(34-38-46)40-54(50-25-13-4-14-26-50,51-27-15-5-16-28-51)52-29-17-6-18-30-52/h1-38H,39-42H2/q+2. The number of hydrogen-bond donors (Lipinski definition) is 0. The molecule has 274 valence electrons. The summed E-state index contributed by atoms with van der Waals surface area (Å²) in [4.78, 5) is 0. The second kappa shape index (κ2) is 18.5. The zero-order valence-corrected chi connectivity index (χ0v) is 34.9. The molecule has 0 atom stereocenters. The van der Waals surface area contributed by atoms with Gasteiger partial charge in [-0.2, -0.15) is 0 Å². The third-order valence-corrected chi connectivity index (χ3v) is 21.6. The lowest BCUT2D eigenvalue weighted by molar-refractivity contribution is 1.33. The van der Waals surface area contributed by atoms with Crippen LogP contribution < -0.4 is 31.8 Å². The lowest BCUT2D eigenvalue weighted by atomic mass is 10.2. The van der Waals surface area contributed by atoms with Crippen LogP contribution in [0.5, 0.6) is 0 Å². The van der Waals surface area contributed by atoms with Gasteiger partial charge in [-0.3, -0.25) is 0 Å². The molecule has 0 saturated carbocycles. The van der Waals surface area contributed by atoms with E-state index in [-0.39, 0.29) is 0 Å². The van der Waals surface area contributed by atoms with Crippen LogP contribution in [0.25, 0.3) is 0 Å². The minimum Gasteiger partial charge on any atom is -0.0890 e. The van der Waals surface area contributed by atoms with Gasteiger partial charge >= 0.3 is 0 Å². The van der Waals surface area contributed by atoms with E-state index in [1.807, 2.05) is 21.6 Å². The van der Waals surface area contributed by atoms with E-state index >= 15 is 0 Å². The van der Waals surface area contributed by atoms with Crippen molar-refractivity contribution in [1.29, 1.82) is 0 Å². The molecule has 0 aliphatic heterocycles. The fourth-order valence-electron chi connectivity index (χ4n) is 7.79. The van der Waals surface area contributed by atoms with Gasteiger partial charge in [-0.1, -0.05) is 179 Å². The Kier molecular flexibility index (Phi) is 12.6. The summed E-state index contributed by atoms with van der Waals surface area (Å²) < 4.78 is 0. The molecule has 56 heavy (non-hydrogen) atoms. The lowest BCUT2D eigenvalue weighted by Crippen LogP contribution is -2.32. The average molecular weight is 797 g/mol. The van der Waals surface area contributed by atoms with E-state index in [1.54, 1.807) is 0 Å². The van der Waals surface area contributed by atoms with Crippen LogP contribution >= 0.6 is 36.1 Å². The highest BCUT2D eigenvalue weighted by atomic mass is 33.1. The SMILES string of the molecule is c1ccc([P+](Cc2ccc(CSSCc3ccc(C[P+](c4ccccc4)(c4ccccc4)c4ccccc4)cc3)cc2)(c2ccccc2)c2ccccc2)cc1. The Morgan fingerprint density at radius 1 is 0.232 bits per heavy atom. The molecule has 0 N–H and O–H groups in total. The van der Waals surface area contributed by atoms with Crippen LogP contribution in [0.4, 0.5) is 0 Å². The van der Waals surface area contributed by atoms with Crippen molar-refractivity contribution in [1.82, 2.24) is 0 Å². The monoisotopic (exact) mass is 796 g/mol. The van der Waals surface area contributed by atoms with Gasteiger partial charge in [-0.25, -0.2) is 0 Å². The summed E-state index contributed by atoms with van der Waals surface area (Å²) in [5.41, 5.74) is 5.50. The summed E-state index contributed by atoms with van der Waals surface area (Å²) in [6, 6.07) is 85.9. The summed E-state index contributed by atoms with van der Waals surface area (Å²) in [5, 5.41) is 8.53. The van der Waals surface area contributed by atoms with Crippen LogP contribution in [0.3, 0.4) is 0 Å². The van der Waals surface area contributed by atoms with E-state index in [2.05, 4.69) is 231 Å². The predicted molar refractivity (Wildman–Crippen MR) is 253 cm³/mol. The first-order valence-electron chi connectivity index (χ1n) is 19.2. The average Bonchev–Trinajstić information content (AvgIpc) is 3.29. The van der Waals surface area contributed by atoms with Crippen LogP contribution in [-0.4, -0.2) is 0 Å². The third kappa shape index (κ3) is 8.51. The van der Waals surface area contributed by atoms with Crippen molar-refractivity contribution in [3.63, 3.8) is 0 Å². The molecular weight excluding hydrogens is 751 g/mol. The van der Waals surface area contributed by atoms with Crippen molar-refractivity contribution in [3.05, 3.63) is 253 Å². The first kappa shape index (κ1) is 38.2. The highest BCUT2D eigenvalue weighted by molar-refractivity contribution is 8.76. The van der Waals surface area contributed by atoms with Crippen molar-refractivity contribution in [2.24, 2.45) is 0 Å². The topological polar surface area (TPSA) is 0 Å². The summed E-state index contributed by atoms with van der Waals surface area (Å²) >= 11 is 0. The molecule has 0 radical (unpaired) electrons. The molecular formula is C52H46P2S2+2. The Morgan fingerprint density at radius 2 is 0.429 bits per heavy atom. The smallest absolute Gasteiger partial charge is 0.0890 e. The molecule has 8 rings (SSSR count). The van der Waals surface area contributed by atoms with E-state index in [1.165, 1.54) is 54.1 Å². The van der Waals surface area contributed by atoms with E-state index in [0.29, 0.717) is 0 Å². The van der Waals surface area contributed by atoms with Gasteiger partial charge in [0.2, 0.25) is 0 Å².